The summed E-state index contributed by atoms with van der Waals surface area (Å²) < 4.78 is 0. The summed E-state index contributed by atoms with van der Waals surface area (Å²) >= 11 is 0. The molecular weight excluding hydrogens is 186 g/mol. The van der Waals surface area contributed by atoms with Crippen LogP contribution in [0, 0.1) is 0 Å². The van der Waals surface area contributed by atoms with Crippen molar-refractivity contribution in [3.63, 3.8) is 0 Å². The van der Waals surface area contributed by atoms with E-state index in [1.807, 2.05) is 49.3 Å². The fourth-order valence-corrected chi connectivity index (χ4v) is 1.38. The molecule has 2 aromatic rings. The average Bonchev–Trinajstić information content (AvgIpc) is 2.26. The van der Waals surface area contributed by atoms with Crippen molar-refractivity contribution in [1.82, 2.24) is 9.88 Å². The molecule has 0 amide bonds. The monoisotopic (exact) mass is 199 g/mol. The number of aromatic nitrogens is 1. The maximum absolute atomic E-state index is 4.39. The molecular formula is C12H13N3. The predicted molar refractivity (Wildman–Crippen MR) is 63.6 cm³/mol. The number of hydrogen-bond acceptors (Lipinski definition) is 2. The first-order valence-corrected chi connectivity index (χ1v) is 4.82. The van der Waals surface area contributed by atoms with Gasteiger partial charge in [-0.25, -0.2) is 4.99 Å². The van der Waals surface area contributed by atoms with Gasteiger partial charge in [-0.05, 0) is 24.3 Å². The van der Waals surface area contributed by atoms with Gasteiger partial charge >= 0.3 is 0 Å². The van der Waals surface area contributed by atoms with E-state index in [9.17, 15) is 0 Å². The topological polar surface area (TPSA) is 28.5 Å². The van der Waals surface area contributed by atoms with Crippen LogP contribution in [0.4, 0.5) is 5.69 Å². The zero-order chi connectivity index (χ0) is 10.7. The standard InChI is InChI=1S/C12H13N3/c1-15(2)9-14-12-7-3-6-11-10(12)5-4-8-13-11/h3-9H,1-2H3. The summed E-state index contributed by atoms with van der Waals surface area (Å²) in [5.74, 6) is 0. The Labute approximate surface area is 89.1 Å². The van der Waals surface area contributed by atoms with Gasteiger partial charge in [0.1, 0.15) is 0 Å². The Morgan fingerprint density at radius 3 is 2.87 bits per heavy atom. The first kappa shape index (κ1) is 9.65. The molecule has 0 radical (unpaired) electrons. The fraction of sp³-hybridized carbons (Fsp3) is 0.167. The third-order valence-electron chi connectivity index (χ3n) is 2.05. The molecule has 0 atom stereocenters. The molecule has 1 aromatic heterocycles. The molecule has 3 heteroatoms. The van der Waals surface area contributed by atoms with Gasteiger partial charge in [0.15, 0.2) is 0 Å². The molecule has 0 bridgehead atoms. The second-order valence-electron chi connectivity index (χ2n) is 3.56. The van der Waals surface area contributed by atoms with E-state index in [0.717, 1.165) is 16.6 Å². The third kappa shape index (κ3) is 2.13. The highest BCUT2D eigenvalue weighted by atomic mass is 15.1. The minimum absolute atomic E-state index is 0.953. The molecule has 0 unspecified atom stereocenters. The van der Waals surface area contributed by atoms with Crippen LogP contribution < -0.4 is 0 Å². The molecule has 0 spiro atoms. The van der Waals surface area contributed by atoms with Crippen molar-refractivity contribution >= 4 is 22.9 Å². The van der Waals surface area contributed by atoms with Crippen molar-refractivity contribution in [2.75, 3.05) is 14.1 Å². The van der Waals surface area contributed by atoms with E-state index in [-0.39, 0.29) is 0 Å². The first-order chi connectivity index (χ1) is 7.27. The number of nitrogens with zero attached hydrogens (tertiary/aromatic N) is 3. The van der Waals surface area contributed by atoms with Crippen LogP contribution in [0.3, 0.4) is 0 Å². The number of fused-ring (bicyclic) bond motifs is 1. The second-order valence-corrected chi connectivity index (χ2v) is 3.56. The van der Waals surface area contributed by atoms with Gasteiger partial charge in [-0.3, -0.25) is 4.98 Å². The summed E-state index contributed by atoms with van der Waals surface area (Å²) in [6.45, 7) is 0. The molecule has 1 heterocycles. The Balaban J connectivity index is 2.51. The summed E-state index contributed by atoms with van der Waals surface area (Å²) in [5.41, 5.74) is 1.93. The Hall–Kier alpha value is -1.90. The normalized spacial score (nSPS) is 11.1. The highest BCUT2D eigenvalue weighted by Crippen LogP contribution is 2.23. The molecule has 0 aliphatic heterocycles. The van der Waals surface area contributed by atoms with Gasteiger partial charge in [-0.1, -0.05) is 6.07 Å². The van der Waals surface area contributed by atoms with E-state index >= 15 is 0 Å². The number of benzene rings is 1. The predicted octanol–water partition coefficient (Wildman–Crippen LogP) is 2.46. The van der Waals surface area contributed by atoms with Crippen molar-refractivity contribution in [2.24, 2.45) is 4.99 Å². The summed E-state index contributed by atoms with van der Waals surface area (Å²) in [7, 11) is 3.90. The van der Waals surface area contributed by atoms with Gasteiger partial charge in [0.05, 0.1) is 17.5 Å². The molecule has 0 aliphatic carbocycles. The Morgan fingerprint density at radius 2 is 2.07 bits per heavy atom. The fourth-order valence-electron chi connectivity index (χ4n) is 1.38. The van der Waals surface area contributed by atoms with E-state index in [1.165, 1.54) is 0 Å². The van der Waals surface area contributed by atoms with Gasteiger partial charge in [-0.2, -0.15) is 0 Å². The van der Waals surface area contributed by atoms with Crippen molar-refractivity contribution in [3.05, 3.63) is 36.5 Å². The lowest BCUT2D eigenvalue weighted by Gasteiger charge is -2.04. The lowest BCUT2D eigenvalue weighted by Crippen LogP contribution is -2.06. The van der Waals surface area contributed by atoms with E-state index in [2.05, 4.69) is 9.98 Å². The minimum Gasteiger partial charge on any atom is -0.369 e. The molecule has 0 fully saturated rings. The smallest absolute Gasteiger partial charge is 0.0907 e. The summed E-state index contributed by atoms with van der Waals surface area (Å²) in [5, 5.41) is 1.08. The molecule has 15 heavy (non-hydrogen) atoms. The maximum atomic E-state index is 4.39. The first-order valence-electron chi connectivity index (χ1n) is 4.82. The summed E-state index contributed by atoms with van der Waals surface area (Å²) in [4.78, 5) is 10.6. The van der Waals surface area contributed by atoms with Gasteiger partial charge in [0.25, 0.3) is 0 Å². The van der Waals surface area contributed by atoms with Crippen LogP contribution in [0.2, 0.25) is 0 Å². The largest absolute Gasteiger partial charge is 0.369 e. The molecule has 0 saturated carbocycles. The summed E-state index contributed by atoms with van der Waals surface area (Å²) in [6.07, 6.45) is 3.59. The van der Waals surface area contributed by atoms with Crippen LogP contribution in [0.1, 0.15) is 0 Å². The molecule has 76 valence electrons. The van der Waals surface area contributed by atoms with Crippen LogP contribution in [0.15, 0.2) is 41.5 Å². The average molecular weight is 199 g/mol. The molecule has 0 saturated heterocycles. The number of pyridine rings is 1. The Kier molecular flexibility index (Phi) is 2.63. The molecule has 0 N–H and O–H groups in total. The number of hydrogen-bond donors (Lipinski definition) is 0. The van der Waals surface area contributed by atoms with Crippen molar-refractivity contribution in [3.8, 4) is 0 Å². The van der Waals surface area contributed by atoms with E-state index in [1.54, 1.807) is 12.5 Å². The zero-order valence-corrected chi connectivity index (χ0v) is 8.88. The van der Waals surface area contributed by atoms with Gasteiger partial charge < -0.3 is 4.90 Å². The van der Waals surface area contributed by atoms with E-state index < -0.39 is 0 Å². The SMILES string of the molecule is CN(C)C=Nc1cccc2ncccc12. The highest BCUT2D eigenvalue weighted by Gasteiger charge is 1.97. The van der Waals surface area contributed by atoms with Crippen LogP contribution in [-0.4, -0.2) is 30.3 Å². The van der Waals surface area contributed by atoms with Crippen LogP contribution in [0.5, 0.6) is 0 Å². The van der Waals surface area contributed by atoms with Gasteiger partial charge in [-0.15, -0.1) is 0 Å². The van der Waals surface area contributed by atoms with Crippen LogP contribution in [-0.2, 0) is 0 Å². The van der Waals surface area contributed by atoms with Gasteiger partial charge in [0.2, 0.25) is 0 Å². The van der Waals surface area contributed by atoms with Crippen molar-refractivity contribution < 1.29 is 0 Å². The van der Waals surface area contributed by atoms with E-state index in [0.29, 0.717) is 0 Å². The van der Waals surface area contributed by atoms with Crippen LogP contribution in [0.25, 0.3) is 10.9 Å². The molecule has 2 rings (SSSR count). The Bertz CT molecular complexity index is 484. The molecule has 0 aliphatic rings. The number of rotatable bonds is 2. The summed E-state index contributed by atoms with van der Waals surface area (Å²) in [6, 6.07) is 9.91. The van der Waals surface area contributed by atoms with E-state index in [4.69, 9.17) is 0 Å². The maximum Gasteiger partial charge on any atom is 0.0907 e. The van der Waals surface area contributed by atoms with Crippen molar-refractivity contribution in [2.45, 2.75) is 0 Å². The number of aliphatic imine (C=N–C) groups is 1. The zero-order valence-electron chi connectivity index (χ0n) is 8.88. The lowest BCUT2D eigenvalue weighted by atomic mass is 10.2. The minimum atomic E-state index is 0.953. The van der Waals surface area contributed by atoms with Crippen LogP contribution >= 0.6 is 0 Å². The quantitative estimate of drug-likeness (QED) is 0.549. The van der Waals surface area contributed by atoms with Crippen molar-refractivity contribution in [1.29, 1.82) is 0 Å². The highest BCUT2D eigenvalue weighted by molar-refractivity contribution is 5.90. The molecule has 1 aromatic carbocycles. The van der Waals surface area contributed by atoms with Gasteiger partial charge in [0, 0.05) is 25.7 Å². The third-order valence-corrected chi connectivity index (χ3v) is 2.05. The lowest BCUT2D eigenvalue weighted by molar-refractivity contribution is 0.643. The second kappa shape index (κ2) is 4.09. The Morgan fingerprint density at radius 1 is 1.20 bits per heavy atom. The molecule has 3 nitrogen and oxygen atoms in total.